The molecule has 0 aromatic heterocycles. The van der Waals surface area contributed by atoms with Crippen LogP contribution in [0.5, 0.6) is 0 Å². The summed E-state index contributed by atoms with van der Waals surface area (Å²) in [6, 6.07) is 9.72. The minimum absolute atomic E-state index is 0.0231. The summed E-state index contributed by atoms with van der Waals surface area (Å²) in [7, 11) is 0. The van der Waals surface area contributed by atoms with Crippen LogP contribution in [-0.4, -0.2) is 83.4 Å². The molecule has 9 nitrogen and oxygen atoms in total. The molecule has 3 saturated heterocycles. The number of hydrogen-bond donors (Lipinski definition) is 2. The van der Waals surface area contributed by atoms with E-state index in [4.69, 9.17) is 4.74 Å². The highest BCUT2D eigenvalue weighted by molar-refractivity contribution is 6.23. The van der Waals surface area contributed by atoms with Gasteiger partial charge in [0.1, 0.15) is 11.6 Å². The number of rotatable bonds is 10. The second-order valence-corrected chi connectivity index (χ2v) is 13.5. The summed E-state index contributed by atoms with van der Waals surface area (Å²) < 4.78 is 5.73. The van der Waals surface area contributed by atoms with Crippen LogP contribution >= 0.6 is 0 Å². The number of nitrogens with one attached hydrogen (secondary N) is 2. The number of nitrogens with zero attached hydrogens (tertiary/aromatic N) is 2. The molecule has 3 amide bonds. The fraction of sp³-hybridized carbons (Fsp3) is 0.576. The number of piperidine rings is 3. The van der Waals surface area contributed by atoms with Gasteiger partial charge in [-0.15, -0.1) is 0 Å². The third-order valence-electron chi connectivity index (χ3n) is 8.58. The lowest BCUT2D eigenvalue weighted by Gasteiger charge is -2.45. The first-order valence-corrected chi connectivity index (χ1v) is 15.3. The van der Waals surface area contributed by atoms with E-state index in [1.165, 1.54) is 4.90 Å². The lowest BCUT2D eigenvalue weighted by molar-refractivity contribution is -0.158. The van der Waals surface area contributed by atoms with Crippen LogP contribution in [0.2, 0.25) is 0 Å². The van der Waals surface area contributed by atoms with Crippen molar-refractivity contribution in [2.75, 3.05) is 26.2 Å². The van der Waals surface area contributed by atoms with Crippen molar-refractivity contribution in [3.8, 4) is 0 Å². The number of hydrogen-bond acceptors (Lipinski definition) is 7. The van der Waals surface area contributed by atoms with Gasteiger partial charge < -0.3 is 15.0 Å². The monoisotopic (exact) mass is 576 g/mol. The Labute approximate surface area is 248 Å². The normalized spacial score (nSPS) is 23.3. The van der Waals surface area contributed by atoms with E-state index in [-0.39, 0.29) is 42.6 Å². The van der Waals surface area contributed by atoms with Crippen LogP contribution in [0.15, 0.2) is 36.4 Å². The molecule has 2 aromatic rings. The van der Waals surface area contributed by atoms with Gasteiger partial charge in [-0.05, 0) is 94.3 Å². The summed E-state index contributed by atoms with van der Waals surface area (Å²) in [4.78, 5) is 57.3. The van der Waals surface area contributed by atoms with Crippen molar-refractivity contribution in [3.63, 3.8) is 0 Å². The number of carbonyl (C=O) groups is 4. The predicted octanol–water partition coefficient (Wildman–Crippen LogP) is 3.75. The molecule has 42 heavy (non-hydrogen) atoms. The van der Waals surface area contributed by atoms with E-state index < -0.39 is 23.7 Å². The molecule has 2 aromatic carbocycles. The highest BCUT2D eigenvalue weighted by Crippen LogP contribution is 2.29. The Balaban J connectivity index is 1.32. The molecule has 4 heterocycles. The average molecular weight is 577 g/mol. The van der Waals surface area contributed by atoms with Crippen molar-refractivity contribution in [3.05, 3.63) is 47.5 Å². The molecule has 0 aliphatic carbocycles. The number of carbonyl (C=O) groups excluding carboxylic acids is 4. The van der Waals surface area contributed by atoms with Gasteiger partial charge in [0.05, 0.1) is 17.2 Å². The molecule has 1 unspecified atom stereocenters. The number of ether oxygens (including phenoxy) is 1. The summed E-state index contributed by atoms with van der Waals surface area (Å²) in [6.07, 6.45) is 2.83. The summed E-state index contributed by atoms with van der Waals surface area (Å²) in [5.41, 5.74) is 0.00298. The zero-order valence-corrected chi connectivity index (χ0v) is 25.4. The SMILES string of the molecule is CC(C)C[C@H](N[C@H](CCN1C(=O)c2cc3ccccc3cc2C1=O)C(=O)OC(C)(C)C)C(=O)NC1CN2CCC1CC2. The molecular weight excluding hydrogens is 532 g/mol. The standard InChI is InChI=1S/C33H44N4O5/c1-20(2)16-27(29(38)35-28-19-36-13-10-21(28)11-14-36)34-26(32(41)42-33(3,4)5)12-15-37-30(39)24-17-22-8-6-7-9-23(22)18-25(24)31(37)40/h6-9,17-18,20-21,26-28,34H,10-16,19H2,1-5H3,(H,35,38)/t26-,27+,28?/m1/s1. The maximum Gasteiger partial charge on any atom is 0.323 e. The topological polar surface area (TPSA) is 108 Å². The van der Waals surface area contributed by atoms with Gasteiger partial charge in [0.2, 0.25) is 5.91 Å². The van der Waals surface area contributed by atoms with Crippen LogP contribution in [-0.2, 0) is 14.3 Å². The maximum atomic E-state index is 13.6. The molecule has 0 spiro atoms. The molecule has 9 heteroatoms. The van der Waals surface area contributed by atoms with E-state index in [9.17, 15) is 19.2 Å². The van der Waals surface area contributed by atoms with Gasteiger partial charge in [-0.1, -0.05) is 38.1 Å². The Kier molecular flexibility index (Phi) is 8.71. The van der Waals surface area contributed by atoms with Crippen molar-refractivity contribution < 1.29 is 23.9 Å². The number of fused-ring (bicyclic) bond motifs is 5. The molecule has 4 aliphatic rings. The zero-order valence-electron chi connectivity index (χ0n) is 25.4. The van der Waals surface area contributed by atoms with Crippen LogP contribution < -0.4 is 10.6 Å². The number of benzene rings is 2. The lowest BCUT2D eigenvalue weighted by atomic mass is 9.84. The Morgan fingerprint density at radius 3 is 2.07 bits per heavy atom. The second-order valence-electron chi connectivity index (χ2n) is 13.5. The van der Waals surface area contributed by atoms with Crippen LogP contribution in [0.25, 0.3) is 10.8 Å². The molecule has 2 N–H and O–H groups in total. The zero-order chi connectivity index (χ0) is 30.2. The summed E-state index contributed by atoms with van der Waals surface area (Å²) >= 11 is 0. The summed E-state index contributed by atoms with van der Waals surface area (Å²) in [6.45, 7) is 12.5. The van der Waals surface area contributed by atoms with Crippen molar-refractivity contribution in [1.29, 1.82) is 0 Å². The van der Waals surface area contributed by atoms with Gasteiger partial charge >= 0.3 is 5.97 Å². The van der Waals surface area contributed by atoms with Crippen LogP contribution in [0.1, 0.15) is 81.0 Å². The minimum Gasteiger partial charge on any atom is -0.459 e. The Morgan fingerprint density at radius 1 is 0.976 bits per heavy atom. The number of amides is 3. The third-order valence-corrected chi connectivity index (χ3v) is 8.58. The smallest absolute Gasteiger partial charge is 0.323 e. The van der Waals surface area contributed by atoms with Gasteiger partial charge in [-0.2, -0.15) is 0 Å². The van der Waals surface area contributed by atoms with E-state index >= 15 is 0 Å². The van der Waals surface area contributed by atoms with Gasteiger partial charge in [0.25, 0.3) is 11.8 Å². The minimum atomic E-state index is -0.881. The summed E-state index contributed by atoms with van der Waals surface area (Å²) in [5, 5.41) is 8.34. The van der Waals surface area contributed by atoms with Crippen LogP contribution in [0.3, 0.4) is 0 Å². The largest absolute Gasteiger partial charge is 0.459 e. The number of imide groups is 1. The number of esters is 1. The van der Waals surface area contributed by atoms with Crippen molar-refractivity contribution in [1.82, 2.24) is 20.4 Å². The fourth-order valence-electron chi connectivity index (χ4n) is 6.46. The van der Waals surface area contributed by atoms with E-state index in [2.05, 4.69) is 15.5 Å². The van der Waals surface area contributed by atoms with Gasteiger partial charge in [-0.3, -0.25) is 29.4 Å². The third kappa shape index (κ3) is 6.68. The van der Waals surface area contributed by atoms with Gasteiger partial charge in [0.15, 0.2) is 0 Å². The van der Waals surface area contributed by atoms with E-state index in [1.54, 1.807) is 32.9 Å². The van der Waals surface area contributed by atoms with Gasteiger partial charge in [0, 0.05) is 19.1 Å². The predicted molar refractivity (Wildman–Crippen MR) is 161 cm³/mol. The average Bonchev–Trinajstić information content (AvgIpc) is 3.16. The first-order valence-electron chi connectivity index (χ1n) is 15.3. The van der Waals surface area contributed by atoms with Crippen molar-refractivity contribution >= 4 is 34.5 Å². The van der Waals surface area contributed by atoms with Gasteiger partial charge in [-0.25, -0.2) is 0 Å². The molecule has 4 aliphatic heterocycles. The molecule has 0 radical (unpaired) electrons. The Morgan fingerprint density at radius 2 is 1.57 bits per heavy atom. The Hall–Kier alpha value is -3.30. The first kappa shape index (κ1) is 30.2. The van der Waals surface area contributed by atoms with E-state index in [0.717, 1.165) is 43.2 Å². The molecule has 226 valence electrons. The highest BCUT2D eigenvalue weighted by Gasteiger charge is 2.39. The van der Waals surface area contributed by atoms with E-state index in [1.807, 2.05) is 38.1 Å². The summed E-state index contributed by atoms with van der Waals surface area (Å²) in [5.74, 6) is -0.696. The van der Waals surface area contributed by atoms with Crippen molar-refractivity contribution in [2.24, 2.45) is 11.8 Å². The molecule has 3 fully saturated rings. The van der Waals surface area contributed by atoms with Crippen LogP contribution in [0.4, 0.5) is 0 Å². The van der Waals surface area contributed by atoms with E-state index in [0.29, 0.717) is 23.5 Å². The molecule has 2 bridgehead atoms. The van der Waals surface area contributed by atoms with Crippen molar-refractivity contribution in [2.45, 2.75) is 84.0 Å². The van der Waals surface area contributed by atoms with Crippen LogP contribution in [0, 0.1) is 11.8 Å². The molecular formula is C33H44N4O5. The second kappa shape index (κ2) is 12.1. The quantitative estimate of drug-likeness (QED) is 0.328. The fourth-order valence-corrected chi connectivity index (χ4v) is 6.46. The maximum absolute atomic E-state index is 13.6. The first-order chi connectivity index (χ1) is 19.9. The Bertz CT molecular complexity index is 1300. The molecule has 0 saturated carbocycles. The highest BCUT2D eigenvalue weighted by atomic mass is 16.6. The molecule has 3 atom stereocenters. The molecule has 6 rings (SSSR count). The lowest BCUT2D eigenvalue weighted by Crippen LogP contribution is -2.61.